The summed E-state index contributed by atoms with van der Waals surface area (Å²) in [4.78, 5) is 2.26. The van der Waals surface area contributed by atoms with Crippen molar-refractivity contribution < 1.29 is 17.7 Å². The number of anilines is 1. The first-order valence-corrected chi connectivity index (χ1v) is 8.08. The zero-order chi connectivity index (χ0) is 13.1. The van der Waals surface area contributed by atoms with Crippen molar-refractivity contribution in [1.29, 1.82) is 0 Å². The number of nitrogens with zero attached hydrogens (tertiary/aromatic N) is 1. The Morgan fingerprint density at radius 2 is 1.58 bits per heavy atom. The molecule has 3 aliphatic rings. The van der Waals surface area contributed by atoms with E-state index < -0.39 is 9.05 Å². The molecule has 0 aromatic heterocycles. The first-order chi connectivity index (χ1) is 9.27. The second-order valence-electron chi connectivity index (χ2n) is 4.53. The van der Waals surface area contributed by atoms with Gasteiger partial charge >= 0.3 is 9.05 Å². The molecule has 2 N–H and O–H groups in total. The number of hydrogen-bond donors (Lipinski definition) is 1. The molecule has 3 aliphatic heterocycles. The Balaban J connectivity index is 1.81. The van der Waals surface area contributed by atoms with Crippen molar-refractivity contribution in [3.63, 3.8) is 0 Å². The number of benzene rings is 1. The molecular formula is C12H18N2O4Si. The predicted molar refractivity (Wildman–Crippen MR) is 71.5 cm³/mol. The van der Waals surface area contributed by atoms with E-state index in [9.17, 15) is 0 Å². The van der Waals surface area contributed by atoms with Gasteiger partial charge in [-0.1, -0.05) is 12.1 Å². The first kappa shape index (κ1) is 12.9. The molecule has 1 aromatic carbocycles. The van der Waals surface area contributed by atoms with E-state index in [-0.39, 0.29) is 0 Å². The Hall–Kier alpha value is -1.12. The van der Waals surface area contributed by atoms with Gasteiger partial charge in [0.1, 0.15) is 5.75 Å². The zero-order valence-corrected chi connectivity index (χ0v) is 11.7. The van der Waals surface area contributed by atoms with Gasteiger partial charge in [-0.3, -0.25) is 4.90 Å². The van der Waals surface area contributed by atoms with E-state index in [0.717, 1.165) is 19.6 Å². The molecule has 2 bridgehead atoms. The van der Waals surface area contributed by atoms with Crippen LogP contribution < -0.4 is 10.2 Å². The maximum Gasteiger partial charge on any atom is 0.749 e. The van der Waals surface area contributed by atoms with Crippen LogP contribution in [-0.2, 0) is 13.3 Å². The fourth-order valence-corrected chi connectivity index (χ4v) is 4.06. The van der Waals surface area contributed by atoms with Crippen LogP contribution in [0.5, 0.6) is 5.75 Å². The third-order valence-corrected chi connectivity index (χ3v) is 5.36. The molecule has 4 rings (SSSR count). The molecule has 6 nitrogen and oxygen atoms in total. The monoisotopic (exact) mass is 282 g/mol. The largest absolute Gasteiger partial charge is 0.749 e. The van der Waals surface area contributed by atoms with Crippen molar-refractivity contribution in [2.24, 2.45) is 0 Å². The topological polar surface area (TPSA) is 66.2 Å². The van der Waals surface area contributed by atoms with Crippen LogP contribution in [0.2, 0.25) is 0 Å². The Kier molecular flexibility index (Phi) is 3.71. The van der Waals surface area contributed by atoms with Crippen LogP contribution in [0.3, 0.4) is 0 Å². The van der Waals surface area contributed by atoms with Crippen molar-refractivity contribution >= 4 is 14.7 Å². The van der Waals surface area contributed by atoms with Gasteiger partial charge in [-0.15, -0.1) is 0 Å². The molecule has 3 fully saturated rings. The van der Waals surface area contributed by atoms with Crippen molar-refractivity contribution in [2.45, 2.75) is 0 Å². The predicted octanol–water partition coefficient (Wildman–Crippen LogP) is 0.462. The average molecular weight is 282 g/mol. The summed E-state index contributed by atoms with van der Waals surface area (Å²) in [7, 11) is -3.11. The van der Waals surface area contributed by atoms with Crippen LogP contribution in [0.1, 0.15) is 0 Å². The highest BCUT2D eigenvalue weighted by Gasteiger charge is 2.51. The summed E-state index contributed by atoms with van der Waals surface area (Å²) in [6.45, 7) is 4.32. The lowest BCUT2D eigenvalue weighted by atomic mass is 10.3. The SMILES string of the molecule is Nc1ccccc1O[Si]12OCCN(CCO1)CCO2. The second-order valence-corrected chi connectivity index (χ2v) is 6.60. The molecule has 0 aliphatic carbocycles. The van der Waals surface area contributed by atoms with E-state index >= 15 is 0 Å². The smallest absolute Gasteiger partial charge is 0.478 e. The lowest BCUT2D eigenvalue weighted by Crippen LogP contribution is -2.59. The molecule has 0 spiro atoms. The minimum absolute atomic E-state index is 0.555. The zero-order valence-electron chi connectivity index (χ0n) is 10.7. The summed E-state index contributed by atoms with van der Waals surface area (Å²) in [6.07, 6.45) is 0. The number of hydrogen-bond acceptors (Lipinski definition) is 6. The fourth-order valence-electron chi connectivity index (χ4n) is 2.16. The van der Waals surface area contributed by atoms with E-state index in [4.69, 9.17) is 23.4 Å². The molecule has 3 saturated heterocycles. The Labute approximate surface area is 113 Å². The number of rotatable bonds is 2. The van der Waals surface area contributed by atoms with Gasteiger partial charge in [0, 0.05) is 19.6 Å². The Morgan fingerprint density at radius 3 is 2.16 bits per heavy atom. The molecule has 3 heterocycles. The molecule has 1 aromatic rings. The minimum Gasteiger partial charge on any atom is -0.478 e. The molecule has 19 heavy (non-hydrogen) atoms. The lowest BCUT2D eigenvalue weighted by molar-refractivity contribution is -0.0494. The van der Waals surface area contributed by atoms with Crippen LogP contribution in [0.15, 0.2) is 24.3 Å². The molecule has 0 radical (unpaired) electrons. The van der Waals surface area contributed by atoms with Gasteiger partial charge in [0.2, 0.25) is 0 Å². The molecule has 0 amide bonds. The Bertz CT molecular complexity index is 419. The first-order valence-electron chi connectivity index (χ1n) is 6.45. The average Bonchev–Trinajstić information content (AvgIpc) is 2.33. The number of para-hydroxylation sites is 2. The third-order valence-electron chi connectivity index (χ3n) is 3.21. The normalized spacial score (nSPS) is 31.3. The summed E-state index contributed by atoms with van der Waals surface area (Å²) in [6, 6.07) is 7.31. The molecule has 7 heteroatoms. The van der Waals surface area contributed by atoms with Crippen LogP contribution in [0.4, 0.5) is 5.69 Å². The Morgan fingerprint density at radius 1 is 1.00 bits per heavy atom. The third kappa shape index (κ3) is 2.90. The highest BCUT2D eigenvalue weighted by atomic mass is 28.4. The van der Waals surface area contributed by atoms with Gasteiger partial charge in [0.25, 0.3) is 0 Å². The van der Waals surface area contributed by atoms with Gasteiger partial charge in [-0.2, -0.15) is 0 Å². The van der Waals surface area contributed by atoms with Gasteiger partial charge in [0.05, 0.1) is 25.5 Å². The van der Waals surface area contributed by atoms with Crippen LogP contribution in [0.25, 0.3) is 0 Å². The number of nitrogens with two attached hydrogens (primary N) is 1. The van der Waals surface area contributed by atoms with Crippen molar-refractivity contribution in [3.05, 3.63) is 24.3 Å². The molecule has 104 valence electrons. The van der Waals surface area contributed by atoms with E-state index in [1.165, 1.54) is 0 Å². The van der Waals surface area contributed by atoms with E-state index in [2.05, 4.69) is 4.90 Å². The number of fused-ring (bicyclic) bond motifs is 6. The summed E-state index contributed by atoms with van der Waals surface area (Å²) in [5, 5.41) is 0. The molecule has 0 unspecified atom stereocenters. The van der Waals surface area contributed by atoms with Gasteiger partial charge in [0.15, 0.2) is 0 Å². The minimum atomic E-state index is -3.11. The van der Waals surface area contributed by atoms with Crippen molar-refractivity contribution in [3.8, 4) is 5.75 Å². The van der Waals surface area contributed by atoms with Crippen molar-refractivity contribution in [1.82, 2.24) is 4.90 Å². The van der Waals surface area contributed by atoms with Crippen LogP contribution >= 0.6 is 0 Å². The maximum atomic E-state index is 5.90. The van der Waals surface area contributed by atoms with Gasteiger partial charge in [-0.25, -0.2) is 0 Å². The highest BCUT2D eigenvalue weighted by Crippen LogP contribution is 2.26. The fraction of sp³-hybridized carbons (Fsp3) is 0.500. The van der Waals surface area contributed by atoms with E-state index in [1.807, 2.05) is 12.1 Å². The second kappa shape index (κ2) is 5.47. The summed E-state index contributed by atoms with van der Waals surface area (Å²) in [5.74, 6) is 0.562. The maximum absolute atomic E-state index is 5.90. The van der Waals surface area contributed by atoms with Crippen LogP contribution in [-0.4, -0.2) is 53.4 Å². The summed E-state index contributed by atoms with van der Waals surface area (Å²) >= 11 is 0. The highest BCUT2D eigenvalue weighted by molar-refractivity contribution is 6.54. The molecule has 0 saturated carbocycles. The van der Waals surface area contributed by atoms with E-state index in [0.29, 0.717) is 31.3 Å². The van der Waals surface area contributed by atoms with Crippen molar-refractivity contribution in [2.75, 3.05) is 45.2 Å². The standard InChI is InChI=1S/C12H18N2O4Si/c13-11-3-1-2-4-12(11)18-19-15-8-5-14(6-9-16-19)7-10-17-19/h1-4H,5-10,13H2. The molecular weight excluding hydrogens is 264 g/mol. The quantitative estimate of drug-likeness (QED) is 0.628. The summed E-state index contributed by atoms with van der Waals surface area (Å²) in [5.41, 5.74) is 6.46. The van der Waals surface area contributed by atoms with Gasteiger partial charge in [-0.05, 0) is 12.1 Å². The lowest BCUT2D eigenvalue weighted by Gasteiger charge is -2.36. The molecule has 0 atom stereocenters. The summed E-state index contributed by atoms with van der Waals surface area (Å²) < 4.78 is 23.2. The van der Waals surface area contributed by atoms with E-state index in [1.54, 1.807) is 12.1 Å². The van der Waals surface area contributed by atoms with Gasteiger partial charge < -0.3 is 23.4 Å². The number of nitrogen functional groups attached to an aromatic ring is 1. The van der Waals surface area contributed by atoms with Crippen LogP contribution in [0, 0.1) is 0 Å².